The Bertz CT molecular complexity index is 1150. The second kappa shape index (κ2) is 10.8. The number of rotatable bonds is 7. The average molecular weight is 457 g/mol. The van der Waals surface area contributed by atoms with E-state index in [1.54, 1.807) is 18.3 Å². The summed E-state index contributed by atoms with van der Waals surface area (Å²) in [5.41, 5.74) is 4.35. The van der Waals surface area contributed by atoms with Crippen LogP contribution < -0.4 is 15.1 Å². The summed E-state index contributed by atoms with van der Waals surface area (Å²) in [6.07, 6.45) is 1.75. The van der Waals surface area contributed by atoms with Gasteiger partial charge in [0.05, 0.1) is 25.0 Å². The Morgan fingerprint density at radius 3 is 2.47 bits per heavy atom. The highest BCUT2D eigenvalue weighted by molar-refractivity contribution is 5.94. The van der Waals surface area contributed by atoms with E-state index >= 15 is 0 Å². The molecular formula is C26H28N6O2. The number of ether oxygens (including phenoxy) is 1. The van der Waals surface area contributed by atoms with E-state index in [2.05, 4.69) is 58.2 Å². The summed E-state index contributed by atoms with van der Waals surface area (Å²) in [7, 11) is 0. The van der Waals surface area contributed by atoms with Crippen LogP contribution in [-0.2, 0) is 4.74 Å². The molecule has 1 fully saturated rings. The largest absolute Gasteiger partial charge is 0.378 e. The average Bonchev–Trinajstić information content (AvgIpc) is 2.88. The minimum Gasteiger partial charge on any atom is -0.378 e. The highest BCUT2D eigenvalue weighted by Crippen LogP contribution is 2.29. The van der Waals surface area contributed by atoms with Gasteiger partial charge in [-0.15, -0.1) is 0 Å². The number of nitrogens with one attached hydrogen (secondary N) is 1. The predicted molar refractivity (Wildman–Crippen MR) is 132 cm³/mol. The van der Waals surface area contributed by atoms with E-state index < -0.39 is 0 Å². The number of benzene rings is 2. The topological polar surface area (TPSA) is 94.4 Å². The van der Waals surface area contributed by atoms with Crippen LogP contribution in [0.4, 0.5) is 17.3 Å². The van der Waals surface area contributed by atoms with E-state index in [9.17, 15) is 4.79 Å². The number of aromatic nitrogens is 2. The van der Waals surface area contributed by atoms with Gasteiger partial charge in [0, 0.05) is 47.8 Å². The summed E-state index contributed by atoms with van der Waals surface area (Å²) < 4.78 is 5.46. The Labute approximate surface area is 199 Å². The van der Waals surface area contributed by atoms with Gasteiger partial charge in [0.2, 0.25) is 5.95 Å². The van der Waals surface area contributed by atoms with E-state index in [1.165, 1.54) is 5.69 Å². The van der Waals surface area contributed by atoms with Crippen LogP contribution in [0.15, 0.2) is 60.8 Å². The van der Waals surface area contributed by atoms with Crippen molar-refractivity contribution in [3.8, 4) is 17.3 Å². The van der Waals surface area contributed by atoms with Gasteiger partial charge in [0.1, 0.15) is 6.54 Å². The van der Waals surface area contributed by atoms with Crippen molar-refractivity contribution >= 4 is 23.2 Å². The van der Waals surface area contributed by atoms with Crippen molar-refractivity contribution < 1.29 is 9.53 Å². The first-order valence-corrected chi connectivity index (χ1v) is 11.4. The molecule has 8 heteroatoms. The van der Waals surface area contributed by atoms with E-state index in [4.69, 9.17) is 15.0 Å². The van der Waals surface area contributed by atoms with E-state index in [1.807, 2.05) is 24.3 Å². The smallest absolute Gasteiger partial charge is 0.252 e. The summed E-state index contributed by atoms with van der Waals surface area (Å²) in [6.45, 7) is 7.52. The Kier molecular flexibility index (Phi) is 7.35. The summed E-state index contributed by atoms with van der Waals surface area (Å²) in [5, 5.41) is 11.2. The fourth-order valence-corrected chi connectivity index (χ4v) is 3.93. The maximum Gasteiger partial charge on any atom is 0.252 e. The van der Waals surface area contributed by atoms with E-state index in [-0.39, 0.29) is 18.5 Å². The highest BCUT2D eigenvalue weighted by atomic mass is 16.5. The number of hydrogen-bond donors (Lipinski definition) is 1. The van der Waals surface area contributed by atoms with Crippen molar-refractivity contribution in [2.75, 3.05) is 42.6 Å². The molecule has 0 saturated carbocycles. The summed E-state index contributed by atoms with van der Waals surface area (Å²) in [6, 6.07) is 19.6. The number of nitrogens with zero attached hydrogens (tertiary/aromatic N) is 5. The van der Waals surface area contributed by atoms with Crippen molar-refractivity contribution in [2.24, 2.45) is 0 Å². The molecule has 0 spiro atoms. The van der Waals surface area contributed by atoms with Crippen LogP contribution in [-0.4, -0.2) is 54.8 Å². The van der Waals surface area contributed by atoms with Crippen LogP contribution in [0.3, 0.4) is 0 Å². The zero-order chi connectivity index (χ0) is 23.9. The zero-order valence-electron chi connectivity index (χ0n) is 19.4. The molecular weight excluding hydrogens is 428 g/mol. The molecule has 0 aliphatic carbocycles. The van der Waals surface area contributed by atoms with E-state index in [0.29, 0.717) is 11.5 Å². The van der Waals surface area contributed by atoms with Crippen LogP contribution in [0.1, 0.15) is 24.2 Å². The third-order valence-corrected chi connectivity index (χ3v) is 5.65. The molecule has 8 nitrogen and oxygen atoms in total. The van der Waals surface area contributed by atoms with Gasteiger partial charge >= 0.3 is 0 Å². The van der Waals surface area contributed by atoms with Crippen molar-refractivity contribution in [1.29, 1.82) is 5.26 Å². The third kappa shape index (κ3) is 5.33. The van der Waals surface area contributed by atoms with Crippen molar-refractivity contribution in [3.05, 3.63) is 66.4 Å². The number of hydrogen-bond acceptors (Lipinski definition) is 7. The fraction of sp³-hybridized carbons (Fsp3) is 0.308. The van der Waals surface area contributed by atoms with Crippen LogP contribution in [0.5, 0.6) is 0 Å². The lowest BCUT2D eigenvalue weighted by molar-refractivity contribution is 0.0958. The Morgan fingerprint density at radius 2 is 1.82 bits per heavy atom. The monoisotopic (exact) mass is 456 g/mol. The molecule has 0 bridgehead atoms. The van der Waals surface area contributed by atoms with Crippen LogP contribution in [0.2, 0.25) is 0 Å². The molecule has 4 rings (SSSR count). The lowest BCUT2D eigenvalue weighted by Crippen LogP contribution is -2.36. The third-order valence-electron chi connectivity index (χ3n) is 5.65. The normalized spacial score (nSPS) is 13.4. The van der Waals surface area contributed by atoms with Gasteiger partial charge in [-0.1, -0.05) is 12.1 Å². The number of anilines is 3. The number of morpholine rings is 1. The summed E-state index contributed by atoms with van der Waals surface area (Å²) in [5.74, 6) is 0.338. The number of carbonyl (C=O) groups is 1. The van der Waals surface area contributed by atoms with Gasteiger partial charge in [-0.25, -0.2) is 9.97 Å². The predicted octanol–water partition coefficient (Wildman–Crippen LogP) is 3.78. The second-order valence-electron chi connectivity index (χ2n) is 8.24. The molecule has 0 atom stereocenters. The Morgan fingerprint density at radius 1 is 1.12 bits per heavy atom. The quantitative estimate of drug-likeness (QED) is 0.541. The molecule has 1 aromatic heterocycles. The molecule has 34 heavy (non-hydrogen) atoms. The van der Waals surface area contributed by atoms with Gasteiger partial charge in [-0.05, 0) is 56.3 Å². The second-order valence-corrected chi connectivity index (χ2v) is 8.24. The highest BCUT2D eigenvalue weighted by Gasteiger charge is 2.18. The molecule has 1 N–H and O–H groups in total. The lowest BCUT2D eigenvalue weighted by atomic mass is 10.1. The molecule has 174 valence electrons. The van der Waals surface area contributed by atoms with Gasteiger partial charge in [-0.3, -0.25) is 4.79 Å². The Balaban J connectivity index is 1.56. The SMILES string of the molecule is CC(C)N(c1ccc(N2CCOCC2)cc1)c1nccc(-c2ccc(C(=O)NCC#N)cc2)n1. The standard InChI is InChI=1S/C26H28N6O2/c1-19(2)32(23-9-7-22(8-10-23)31-15-17-34-18-16-31)26-29-13-11-24(30-26)20-3-5-21(6-4-20)25(33)28-14-12-27/h3-11,13,19H,14-18H2,1-2H3,(H,28,33). The van der Waals surface area contributed by atoms with Gasteiger partial charge in [-0.2, -0.15) is 5.26 Å². The van der Waals surface area contributed by atoms with E-state index in [0.717, 1.165) is 43.2 Å². The lowest BCUT2D eigenvalue weighted by Gasteiger charge is -2.30. The van der Waals surface area contributed by atoms with Crippen LogP contribution >= 0.6 is 0 Å². The molecule has 1 amide bonds. The number of amides is 1. The number of nitriles is 1. The van der Waals surface area contributed by atoms with Crippen molar-refractivity contribution in [2.45, 2.75) is 19.9 Å². The molecule has 3 aromatic rings. The first kappa shape index (κ1) is 23.2. The zero-order valence-corrected chi connectivity index (χ0v) is 19.4. The van der Waals surface area contributed by atoms with Gasteiger partial charge < -0.3 is 19.9 Å². The van der Waals surface area contributed by atoms with Crippen LogP contribution in [0, 0.1) is 11.3 Å². The molecule has 2 aromatic carbocycles. The van der Waals surface area contributed by atoms with Crippen molar-refractivity contribution in [1.82, 2.24) is 15.3 Å². The number of carbonyl (C=O) groups excluding carboxylic acids is 1. The first-order valence-electron chi connectivity index (χ1n) is 11.4. The van der Waals surface area contributed by atoms with Gasteiger partial charge in [0.15, 0.2) is 0 Å². The molecule has 1 aliphatic rings. The molecule has 0 unspecified atom stereocenters. The first-order chi connectivity index (χ1) is 16.6. The maximum absolute atomic E-state index is 12.0. The summed E-state index contributed by atoms with van der Waals surface area (Å²) in [4.78, 5) is 25.9. The minimum absolute atomic E-state index is 0.0195. The maximum atomic E-state index is 12.0. The fourth-order valence-electron chi connectivity index (χ4n) is 3.93. The van der Waals surface area contributed by atoms with Gasteiger partial charge in [0.25, 0.3) is 5.91 Å². The summed E-state index contributed by atoms with van der Waals surface area (Å²) >= 11 is 0. The minimum atomic E-state index is -0.275. The molecule has 1 saturated heterocycles. The Hall–Kier alpha value is -3.96. The molecule has 1 aliphatic heterocycles. The van der Waals surface area contributed by atoms with Crippen molar-refractivity contribution in [3.63, 3.8) is 0 Å². The molecule has 2 heterocycles. The van der Waals surface area contributed by atoms with Crippen LogP contribution in [0.25, 0.3) is 11.3 Å². The molecule has 0 radical (unpaired) electrons.